The highest BCUT2D eigenvalue weighted by Gasteiger charge is 2.23. The van der Waals surface area contributed by atoms with Crippen LogP contribution in [0.1, 0.15) is 22.2 Å². The minimum absolute atomic E-state index is 0.0234. The molecule has 0 atom stereocenters. The molecule has 1 aliphatic rings. The van der Waals surface area contributed by atoms with Crippen LogP contribution in [0.4, 0.5) is 5.00 Å². The van der Waals surface area contributed by atoms with Gasteiger partial charge in [0.25, 0.3) is 0 Å². The van der Waals surface area contributed by atoms with Crippen LogP contribution in [0.15, 0.2) is 6.07 Å². The summed E-state index contributed by atoms with van der Waals surface area (Å²) in [7, 11) is 0. The lowest BCUT2D eigenvalue weighted by Gasteiger charge is -2.13. The second-order valence-electron chi connectivity index (χ2n) is 4.46. The molecule has 114 valence electrons. The average Bonchev–Trinajstić information content (AvgIpc) is 2.97. The van der Waals surface area contributed by atoms with Gasteiger partial charge in [-0.1, -0.05) is 0 Å². The topological polar surface area (TPSA) is 75.7 Å². The number of nitrogens with zero attached hydrogens (tertiary/aromatic N) is 1. The Bertz CT molecular complexity index is 571. The van der Waals surface area contributed by atoms with E-state index in [1.165, 1.54) is 28.0 Å². The van der Waals surface area contributed by atoms with Crippen molar-refractivity contribution in [1.82, 2.24) is 4.90 Å². The quantitative estimate of drug-likeness (QED) is 0.833. The molecule has 2 rings (SSSR count). The summed E-state index contributed by atoms with van der Waals surface area (Å²) in [5.74, 6) is 0.307. The highest BCUT2D eigenvalue weighted by molar-refractivity contribution is 8.00. The molecule has 1 aromatic heterocycles. The van der Waals surface area contributed by atoms with Crippen LogP contribution in [-0.2, 0) is 14.3 Å². The number of rotatable bonds is 5. The van der Waals surface area contributed by atoms with Gasteiger partial charge in [0.15, 0.2) is 0 Å². The largest absolute Gasteiger partial charge is 0.462 e. The van der Waals surface area contributed by atoms with Crippen molar-refractivity contribution < 1.29 is 19.1 Å². The lowest BCUT2D eigenvalue weighted by atomic mass is 10.3. The SMILES string of the molecule is CCOC(=O)c1sc(NC(=O)CN2CSCC2=O)cc1C. The summed E-state index contributed by atoms with van der Waals surface area (Å²) in [6, 6.07) is 1.73. The molecule has 1 fully saturated rings. The number of nitrogens with one attached hydrogen (secondary N) is 1. The van der Waals surface area contributed by atoms with Gasteiger partial charge in [-0.3, -0.25) is 9.59 Å². The molecule has 0 saturated carbocycles. The summed E-state index contributed by atoms with van der Waals surface area (Å²) in [5, 5.41) is 3.30. The molecule has 2 heterocycles. The van der Waals surface area contributed by atoms with E-state index in [1.807, 2.05) is 0 Å². The second kappa shape index (κ2) is 6.95. The van der Waals surface area contributed by atoms with Crippen molar-refractivity contribution >= 4 is 45.9 Å². The fourth-order valence-corrected chi connectivity index (χ4v) is 3.72. The zero-order chi connectivity index (χ0) is 15.4. The first kappa shape index (κ1) is 15.8. The second-order valence-corrected chi connectivity index (χ2v) is 6.47. The number of amides is 2. The zero-order valence-corrected chi connectivity index (χ0v) is 13.4. The number of thioether (sulfide) groups is 1. The monoisotopic (exact) mass is 328 g/mol. The van der Waals surface area contributed by atoms with Gasteiger partial charge in [-0.2, -0.15) is 0 Å². The first-order valence-electron chi connectivity index (χ1n) is 6.44. The van der Waals surface area contributed by atoms with Crippen molar-refractivity contribution in [3.05, 3.63) is 16.5 Å². The molecular weight excluding hydrogens is 312 g/mol. The maximum Gasteiger partial charge on any atom is 0.348 e. The fraction of sp³-hybridized carbons (Fsp3) is 0.462. The predicted molar refractivity (Wildman–Crippen MR) is 82.7 cm³/mol. The van der Waals surface area contributed by atoms with Crippen molar-refractivity contribution in [2.75, 3.05) is 30.1 Å². The average molecular weight is 328 g/mol. The van der Waals surface area contributed by atoms with Gasteiger partial charge in [0, 0.05) is 0 Å². The number of hydrogen-bond acceptors (Lipinski definition) is 6. The summed E-state index contributed by atoms with van der Waals surface area (Å²) < 4.78 is 4.95. The normalized spacial score (nSPS) is 14.4. The first-order chi connectivity index (χ1) is 10.0. The summed E-state index contributed by atoms with van der Waals surface area (Å²) in [5.41, 5.74) is 0.765. The minimum atomic E-state index is -0.383. The van der Waals surface area contributed by atoms with Gasteiger partial charge in [-0.25, -0.2) is 4.79 Å². The Hall–Kier alpha value is -1.54. The van der Waals surface area contributed by atoms with Crippen LogP contribution < -0.4 is 5.32 Å². The van der Waals surface area contributed by atoms with E-state index in [9.17, 15) is 14.4 Å². The third-order valence-electron chi connectivity index (χ3n) is 2.80. The lowest BCUT2D eigenvalue weighted by Crippen LogP contribution is -2.34. The maximum absolute atomic E-state index is 11.9. The van der Waals surface area contributed by atoms with Crippen LogP contribution in [-0.4, -0.2) is 47.5 Å². The molecule has 2 amide bonds. The van der Waals surface area contributed by atoms with Gasteiger partial charge in [-0.05, 0) is 25.5 Å². The lowest BCUT2D eigenvalue weighted by molar-refractivity contribution is -0.130. The number of hydrogen-bond donors (Lipinski definition) is 1. The Balaban J connectivity index is 1.96. The number of aryl methyl sites for hydroxylation is 1. The number of esters is 1. The standard InChI is InChI=1S/C13H16N2O4S2/c1-3-19-13(18)12-8(2)4-10(21-12)14-9(16)5-15-7-20-6-11(15)17/h4H,3,5-7H2,1-2H3,(H,14,16). The molecular formula is C13H16N2O4S2. The predicted octanol–water partition coefficient (Wildman–Crippen LogP) is 1.70. The Labute approximate surface area is 130 Å². The maximum atomic E-state index is 11.9. The van der Waals surface area contributed by atoms with Crippen LogP contribution in [0.2, 0.25) is 0 Å². The van der Waals surface area contributed by atoms with Crippen molar-refractivity contribution in [2.45, 2.75) is 13.8 Å². The third kappa shape index (κ3) is 3.98. The summed E-state index contributed by atoms with van der Waals surface area (Å²) in [6.07, 6.45) is 0. The zero-order valence-electron chi connectivity index (χ0n) is 11.8. The van der Waals surface area contributed by atoms with Gasteiger partial charge in [0.05, 0.1) is 23.2 Å². The highest BCUT2D eigenvalue weighted by atomic mass is 32.2. The van der Waals surface area contributed by atoms with E-state index in [0.717, 1.165) is 5.56 Å². The number of carbonyl (C=O) groups is 3. The van der Waals surface area contributed by atoms with Crippen molar-refractivity contribution in [3.63, 3.8) is 0 Å². The third-order valence-corrected chi connectivity index (χ3v) is 4.88. The molecule has 1 N–H and O–H groups in total. The molecule has 0 radical (unpaired) electrons. The van der Waals surface area contributed by atoms with Gasteiger partial charge < -0.3 is 15.0 Å². The number of anilines is 1. The van der Waals surface area contributed by atoms with Gasteiger partial charge in [0.1, 0.15) is 11.4 Å². The van der Waals surface area contributed by atoms with E-state index < -0.39 is 0 Å². The first-order valence-corrected chi connectivity index (χ1v) is 8.41. The smallest absolute Gasteiger partial charge is 0.348 e. The van der Waals surface area contributed by atoms with Crippen molar-refractivity contribution in [3.8, 4) is 0 Å². The molecule has 21 heavy (non-hydrogen) atoms. The molecule has 0 spiro atoms. The molecule has 8 heteroatoms. The molecule has 0 unspecified atom stereocenters. The number of carbonyl (C=O) groups excluding carboxylic acids is 3. The van der Waals surface area contributed by atoms with Crippen LogP contribution in [0.25, 0.3) is 0 Å². The van der Waals surface area contributed by atoms with Crippen LogP contribution in [0.5, 0.6) is 0 Å². The van der Waals surface area contributed by atoms with Gasteiger partial charge in [0.2, 0.25) is 11.8 Å². The van der Waals surface area contributed by atoms with Crippen molar-refractivity contribution in [2.24, 2.45) is 0 Å². The number of thiophene rings is 1. The van der Waals surface area contributed by atoms with Crippen molar-refractivity contribution in [1.29, 1.82) is 0 Å². The Kier molecular flexibility index (Phi) is 5.24. The molecule has 1 saturated heterocycles. The highest BCUT2D eigenvalue weighted by Crippen LogP contribution is 2.27. The Morgan fingerprint density at radius 1 is 1.48 bits per heavy atom. The van der Waals surface area contributed by atoms with E-state index in [2.05, 4.69) is 5.32 Å². The van der Waals surface area contributed by atoms with E-state index in [0.29, 0.717) is 28.1 Å². The molecule has 1 aromatic rings. The molecule has 0 bridgehead atoms. The molecule has 1 aliphatic heterocycles. The van der Waals surface area contributed by atoms with E-state index in [1.54, 1.807) is 19.9 Å². The summed E-state index contributed by atoms with van der Waals surface area (Å²) in [6.45, 7) is 3.89. The minimum Gasteiger partial charge on any atom is -0.462 e. The van der Waals surface area contributed by atoms with E-state index >= 15 is 0 Å². The molecule has 6 nitrogen and oxygen atoms in total. The van der Waals surface area contributed by atoms with Gasteiger partial charge >= 0.3 is 5.97 Å². The van der Waals surface area contributed by atoms with Crippen LogP contribution in [0.3, 0.4) is 0 Å². The Morgan fingerprint density at radius 3 is 2.86 bits per heavy atom. The fourth-order valence-electron chi connectivity index (χ4n) is 1.83. The summed E-state index contributed by atoms with van der Waals surface area (Å²) in [4.78, 5) is 37.1. The molecule has 0 aromatic carbocycles. The van der Waals surface area contributed by atoms with Crippen LogP contribution >= 0.6 is 23.1 Å². The van der Waals surface area contributed by atoms with Crippen LogP contribution in [0, 0.1) is 6.92 Å². The van der Waals surface area contributed by atoms with Gasteiger partial charge in [-0.15, -0.1) is 23.1 Å². The Morgan fingerprint density at radius 2 is 2.24 bits per heavy atom. The number of ether oxygens (including phenoxy) is 1. The summed E-state index contributed by atoms with van der Waals surface area (Å²) >= 11 is 2.67. The van der Waals surface area contributed by atoms with E-state index in [-0.39, 0.29) is 24.3 Å². The van der Waals surface area contributed by atoms with E-state index in [4.69, 9.17) is 4.74 Å². The molecule has 0 aliphatic carbocycles.